The highest BCUT2D eigenvalue weighted by atomic mass is 35.5. The van der Waals surface area contributed by atoms with Crippen molar-refractivity contribution in [2.24, 2.45) is 5.92 Å². The highest BCUT2D eigenvalue weighted by Gasteiger charge is 2.46. The van der Waals surface area contributed by atoms with Crippen LogP contribution in [0.15, 0.2) is 48.5 Å². The minimum atomic E-state index is -0.616. The highest BCUT2D eigenvalue weighted by Crippen LogP contribution is 2.48. The number of piperidine rings is 1. The Hall–Kier alpha value is -2.12. The largest absolute Gasteiger partial charge is 0.460 e. The molecule has 39 heavy (non-hydrogen) atoms. The summed E-state index contributed by atoms with van der Waals surface area (Å²) in [7, 11) is 0. The average Bonchev–Trinajstić information content (AvgIpc) is 2.88. The van der Waals surface area contributed by atoms with Crippen molar-refractivity contribution in [2.45, 2.75) is 70.6 Å². The first kappa shape index (κ1) is 29.9. The van der Waals surface area contributed by atoms with Crippen LogP contribution >= 0.6 is 23.2 Å². The summed E-state index contributed by atoms with van der Waals surface area (Å²) in [6, 6.07) is 15.4. The lowest BCUT2D eigenvalue weighted by Gasteiger charge is -2.49. The van der Waals surface area contributed by atoms with Crippen molar-refractivity contribution in [3.8, 4) is 0 Å². The van der Waals surface area contributed by atoms with Crippen LogP contribution < -0.4 is 0 Å². The quantitative estimate of drug-likeness (QED) is 0.336. The Balaban J connectivity index is 1.77. The van der Waals surface area contributed by atoms with E-state index in [0.29, 0.717) is 29.7 Å². The van der Waals surface area contributed by atoms with E-state index in [1.54, 1.807) is 0 Å². The van der Waals surface area contributed by atoms with Gasteiger partial charge in [0.25, 0.3) is 0 Å². The van der Waals surface area contributed by atoms with Crippen molar-refractivity contribution in [3.05, 3.63) is 69.7 Å². The van der Waals surface area contributed by atoms with E-state index in [-0.39, 0.29) is 36.3 Å². The third kappa shape index (κ3) is 7.75. The number of rotatable bonds is 8. The highest BCUT2D eigenvalue weighted by molar-refractivity contribution is 6.30. The van der Waals surface area contributed by atoms with Gasteiger partial charge in [-0.1, -0.05) is 54.4 Å². The predicted molar refractivity (Wildman–Crippen MR) is 155 cm³/mol. The molecule has 1 amide bonds. The Morgan fingerprint density at radius 3 is 2.36 bits per heavy atom. The first-order valence-electron chi connectivity index (χ1n) is 13.9. The molecule has 0 saturated carbocycles. The molecule has 2 heterocycles. The van der Waals surface area contributed by atoms with Gasteiger partial charge in [-0.15, -0.1) is 0 Å². The van der Waals surface area contributed by atoms with Gasteiger partial charge in [-0.05, 0) is 69.0 Å². The number of carbonyl (C=O) groups excluding carboxylic acids is 2. The van der Waals surface area contributed by atoms with Crippen molar-refractivity contribution >= 4 is 35.1 Å². The molecule has 4 rings (SSSR count). The molecule has 0 spiro atoms. The van der Waals surface area contributed by atoms with E-state index in [0.717, 1.165) is 37.2 Å². The number of esters is 1. The summed E-state index contributed by atoms with van der Waals surface area (Å²) >= 11 is 12.7. The Kier molecular flexibility index (Phi) is 9.97. The minimum Gasteiger partial charge on any atom is -0.460 e. The van der Waals surface area contributed by atoms with Gasteiger partial charge in [-0.25, -0.2) is 0 Å². The van der Waals surface area contributed by atoms with Gasteiger partial charge in [-0.3, -0.25) is 14.5 Å². The van der Waals surface area contributed by atoms with Gasteiger partial charge in [0, 0.05) is 47.6 Å². The maximum absolute atomic E-state index is 14.4. The van der Waals surface area contributed by atoms with Crippen LogP contribution in [0, 0.1) is 5.92 Å². The van der Waals surface area contributed by atoms with Gasteiger partial charge < -0.3 is 14.4 Å². The van der Waals surface area contributed by atoms with Crippen LogP contribution in [0.3, 0.4) is 0 Å². The fraction of sp³-hybridized carbons (Fsp3) is 0.548. The minimum absolute atomic E-state index is 0.000744. The number of amides is 1. The van der Waals surface area contributed by atoms with Crippen molar-refractivity contribution < 1.29 is 19.1 Å². The Morgan fingerprint density at radius 2 is 1.74 bits per heavy atom. The van der Waals surface area contributed by atoms with Crippen molar-refractivity contribution in [2.75, 3.05) is 32.8 Å². The smallest absolute Gasteiger partial charge is 0.307 e. The normalized spacial score (nSPS) is 23.5. The molecule has 2 aliphatic rings. The van der Waals surface area contributed by atoms with Gasteiger partial charge >= 0.3 is 5.97 Å². The van der Waals surface area contributed by atoms with Gasteiger partial charge in [0.2, 0.25) is 5.91 Å². The fourth-order valence-electron chi connectivity index (χ4n) is 5.84. The van der Waals surface area contributed by atoms with E-state index in [4.69, 9.17) is 32.7 Å². The zero-order chi connectivity index (χ0) is 28.2. The van der Waals surface area contributed by atoms with Crippen LogP contribution in [-0.4, -0.2) is 66.2 Å². The van der Waals surface area contributed by atoms with Crippen molar-refractivity contribution in [1.82, 2.24) is 9.80 Å². The molecule has 6 nitrogen and oxygen atoms in total. The van der Waals surface area contributed by atoms with Crippen LogP contribution in [0.4, 0.5) is 0 Å². The summed E-state index contributed by atoms with van der Waals surface area (Å²) in [5.74, 6) is -0.907. The molecule has 212 valence electrons. The predicted octanol–water partition coefficient (Wildman–Crippen LogP) is 6.51. The number of nitrogens with zero attached hydrogens (tertiary/aromatic N) is 2. The lowest BCUT2D eigenvalue weighted by atomic mass is 9.74. The number of likely N-dealkylation sites (tertiary alicyclic amines) is 1. The van der Waals surface area contributed by atoms with Crippen molar-refractivity contribution in [1.29, 1.82) is 0 Å². The third-order valence-electron chi connectivity index (χ3n) is 7.58. The van der Waals surface area contributed by atoms with Crippen LogP contribution in [0.2, 0.25) is 10.0 Å². The van der Waals surface area contributed by atoms with Crippen molar-refractivity contribution in [3.63, 3.8) is 0 Å². The summed E-state index contributed by atoms with van der Waals surface area (Å²) in [5.41, 5.74) is 1.46. The lowest BCUT2D eigenvalue weighted by molar-refractivity contribution is -0.162. The molecule has 2 aromatic rings. The number of hydrogen-bond donors (Lipinski definition) is 0. The summed E-state index contributed by atoms with van der Waals surface area (Å²) in [6.45, 7) is 11.5. The lowest BCUT2D eigenvalue weighted by Crippen LogP contribution is -2.55. The molecule has 0 N–H and O–H groups in total. The Labute approximate surface area is 242 Å². The second kappa shape index (κ2) is 13.0. The topological polar surface area (TPSA) is 59.1 Å². The third-order valence-corrected chi connectivity index (χ3v) is 8.07. The van der Waals surface area contributed by atoms with Crippen LogP contribution in [0.25, 0.3) is 0 Å². The number of benzene rings is 2. The Bertz CT molecular complexity index is 1130. The maximum atomic E-state index is 14.4. The van der Waals surface area contributed by atoms with E-state index in [1.807, 2.05) is 63.2 Å². The summed E-state index contributed by atoms with van der Waals surface area (Å²) < 4.78 is 11.2. The molecule has 0 radical (unpaired) electrons. The molecule has 2 saturated heterocycles. The summed E-state index contributed by atoms with van der Waals surface area (Å²) in [4.78, 5) is 31.8. The fourth-order valence-corrected chi connectivity index (χ4v) is 6.17. The van der Waals surface area contributed by atoms with E-state index < -0.39 is 11.5 Å². The molecule has 0 aliphatic carbocycles. The molecular formula is C31H40Cl2N2O4. The first-order chi connectivity index (χ1) is 18.6. The number of hydrogen-bond acceptors (Lipinski definition) is 5. The molecule has 0 bridgehead atoms. The number of morpholine rings is 1. The monoisotopic (exact) mass is 574 g/mol. The molecule has 0 aromatic heterocycles. The van der Waals surface area contributed by atoms with Gasteiger partial charge in [0.1, 0.15) is 5.60 Å². The van der Waals surface area contributed by atoms with Crippen LogP contribution in [0.5, 0.6) is 0 Å². The maximum Gasteiger partial charge on any atom is 0.307 e. The molecule has 2 fully saturated rings. The number of ether oxygens (including phenoxy) is 2. The molecule has 8 heteroatoms. The Morgan fingerprint density at radius 1 is 1.05 bits per heavy atom. The molecular weight excluding hydrogens is 535 g/mol. The van der Waals surface area contributed by atoms with Crippen LogP contribution in [-0.2, 0) is 19.1 Å². The zero-order valence-corrected chi connectivity index (χ0v) is 24.9. The molecule has 4 atom stereocenters. The second-order valence-corrected chi connectivity index (χ2v) is 12.5. The molecule has 2 aromatic carbocycles. The van der Waals surface area contributed by atoms with Gasteiger partial charge in [-0.2, -0.15) is 0 Å². The summed E-state index contributed by atoms with van der Waals surface area (Å²) in [6.07, 6.45) is 1.36. The van der Waals surface area contributed by atoms with Gasteiger partial charge in [0.15, 0.2) is 0 Å². The van der Waals surface area contributed by atoms with Crippen LogP contribution in [0.1, 0.15) is 70.0 Å². The first-order valence-corrected chi connectivity index (χ1v) is 14.7. The van der Waals surface area contributed by atoms with Gasteiger partial charge in [0.05, 0.1) is 25.7 Å². The second-order valence-electron chi connectivity index (χ2n) is 11.6. The molecule has 2 aliphatic heterocycles. The number of halogens is 2. The molecule has 1 unspecified atom stereocenters. The van der Waals surface area contributed by atoms with E-state index in [1.165, 1.54) is 0 Å². The SMILES string of the molecule is CC[C@@H](CN1CCOCC1)N1C(=O)C(CC(=O)OC(C)(C)C)C[C@H](c2cccc(Cl)c2)[C@H]1c1ccc(Cl)cc1. The van der Waals surface area contributed by atoms with E-state index in [2.05, 4.69) is 22.8 Å². The average molecular weight is 576 g/mol. The van der Waals surface area contributed by atoms with E-state index >= 15 is 0 Å². The zero-order valence-electron chi connectivity index (χ0n) is 23.4. The van der Waals surface area contributed by atoms with E-state index in [9.17, 15) is 9.59 Å². The standard InChI is InChI=1S/C31H40Cl2N2O4/c1-5-26(20-34-13-15-38-16-14-34)35-29(21-9-11-24(32)12-10-21)27(22-7-6-8-25(33)17-22)18-23(30(35)37)19-28(36)39-31(2,3)4/h6-12,17,23,26-27,29H,5,13-16,18-20H2,1-4H3/t23?,26-,27+,29+/m0/s1. The summed E-state index contributed by atoms with van der Waals surface area (Å²) in [5, 5.41) is 1.30. The number of carbonyl (C=O) groups is 2.